The number of nitriles is 1. The molecule has 0 spiro atoms. The second-order valence-corrected chi connectivity index (χ2v) is 4.99. The Hall–Kier alpha value is -2.60. The molecule has 3 N–H and O–H groups in total. The quantitative estimate of drug-likeness (QED) is 0.799. The van der Waals surface area contributed by atoms with Crippen LogP contribution in [0.3, 0.4) is 0 Å². The zero-order valence-electron chi connectivity index (χ0n) is 11.5. The summed E-state index contributed by atoms with van der Waals surface area (Å²) in [6.45, 7) is 3.84. The van der Waals surface area contributed by atoms with Gasteiger partial charge in [0.1, 0.15) is 21.5 Å². The highest BCUT2D eigenvalue weighted by Crippen LogP contribution is 2.36. The molecule has 0 aliphatic rings. The maximum atomic E-state index is 11.9. The highest BCUT2D eigenvalue weighted by atomic mass is 32.1. The molecule has 0 unspecified atom stereocenters. The summed E-state index contributed by atoms with van der Waals surface area (Å²) in [5.41, 5.74) is 6.09. The Bertz CT molecular complexity index is 700. The molecule has 0 amide bonds. The summed E-state index contributed by atoms with van der Waals surface area (Å²) in [5.74, 6) is 0.311. The molecule has 0 atom stereocenters. The van der Waals surface area contributed by atoms with Gasteiger partial charge in [0.25, 0.3) is 0 Å². The molecule has 2 rings (SSSR count). The predicted octanol–water partition coefficient (Wildman–Crippen LogP) is 1.68. The number of carbonyl (C=O) groups is 1. The van der Waals surface area contributed by atoms with Gasteiger partial charge in [-0.2, -0.15) is 10.2 Å². The van der Waals surface area contributed by atoms with E-state index in [4.69, 9.17) is 20.3 Å². The zero-order chi connectivity index (χ0) is 15.4. The fourth-order valence-corrected chi connectivity index (χ4v) is 2.53. The number of thiophene rings is 1. The monoisotopic (exact) mass is 307 g/mol. The van der Waals surface area contributed by atoms with Crippen LogP contribution >= 0.6 is 11.3 Å². The maximum Gasteiger partial charge on any atom is 0.343 e. The van der Waals surface area contributed by atoms with E-state index in [1.807, 2.05) is 6.07 Å². The van der Waals surface area contributed by atoms with Crippen molar-refractivity contribution in [3.63, 3.8) is 0 Å². The number of nitrogens with two attached hydrogens (primary N) is 1. The van der Waals surface area contributed by atoms with Crippen LogP contribution in [0.2, 0.25) is 0 Å². The number of rotatable bonds is 5. The van der Waals surface area contributed by atoms with Gasteiger partial charge in [-0.1, -0.05) is 5.16 Å². The number of anilines is 2. The highest BCUT2D eigenvalue weighted by Gasteiger charge is 2.23. The maximum absolute atomic E-state index is 11.9. The van der Waals surface area contributed by atoms with Crippen LogP contribution in [0.25, 0.3) is 0 Å². The Morgan fingerprint density at radius 3 is 2.95 bits per heavy atom. The molecule has 110 valence electrons. The van der Waals surface area contributed by atoms with Gasteiger partial charge >= 0.3 is 5.97 Å². The SMILES string of the molecule is CCOC(=O)c1c(NCc2nc(C)no2)sc(C#N)c1N. The average molecular weight is 307 g/mol. The number of ether oxygens (including phenoxy) is 1. The van der Waals surface area contributed by atoms with E-state index in [1.165, 1.54) is 0 Å². The Balaban J connectivity index is 2.25. The number of nitrogens with zero attached hydrogens (tertiary/aromatic N) is 3. The van der Waals surface area contributed by atoms with Crippen LogP contribution < -0.4 is 11.1 Å². The lowest BCUT2D eigenvalue weighted by Crippen LogP contribution is -2.10. The molecule has 0 aromatic carbocycles. The molecule has 2 aromatic rings. The van der Waals surface area contributed by atoms with Crippen LogP contribution in [-0.4, -0.2) is 22.7 Å². The number of aryl methyl sites for hydroxylation is 1. The molecule has 0 radical (unpaired) electrons. The topological polar surface area (TPSA) is 127 Å². The summed E-state index contributed by atoms with van der Waals surface area (Å²) < 4.78 is 9.92. The van der Waals surface area contributed by atoms with Gasteiger partial charge in [0.15, 0.2) is 5.82 Å². The molecule has 2 aromatic heterocycles. The molecule has 0 bridgehead atoms. The van der Waals surface area contributed by atoms with Gasteiger partial charge in [-0.25, -0.2) is 4.79 Å². The molecule has 0 saturated carbocycles. The minimum Gasteiger partial charge on any atom is -0.462 e. The van der Waals surface area contributed by atoms with Gasteiger partial charge in [-0.15, -0.1) is 11.3 Å². The largest absolute Gasteiger partial charge is 0.462 e. The summed E-state index contributed by atoms with van der Waals surface area (Å²) in [5, 5.41) is 16.1. The van der Waals surface area contributed by atoms with Crippen molar-refractivity contribution in [3.05, 3.63) is 22.2 Å². The van der Waals surface area contributed by atoms with E-state index in [2.05, 4.69) is 15.5 Å². The minimum atomic E-state index is -0.572. The summed E-state index contributed by atoms with van der Waals surface area (Å²) in [6.07, 6.45) is 0. The Labute approximate surface area is 124 Å². The van der Waals surface area contributed by atoms with Gasteiger partial charge in [0, 0.05) is 0 Å². The van der Waals surface area contributed by atoms with E-state index < -0.39 is 5.97 Å². The lowest BCUT2D eigenvalue weighted by Gasteiger charge is -2.05. The minimum absolute atomic E-state index is 0.116. The second-order valence-electron chi connectivity index (χ2n) is 3.97. The number of nitrogen functional groups attached to an aromatic ring is 1. The lowest BCUT2D eigenvalue weighted by atomic mass is 10.2. The number of hydrogen-bond donors (Lipinski definition) is 2. The highest BCUT2D eigenvalue weighted by molar-refractivity contribution is 7.17. The van der Waals surface area contributed by atoms with E-state index >= 15 is 0 Å². The first-order chi connectivity index (χ1) is 10.1. The summed E-state index contributed by atoms with van der Waals surface area (Å²) >= 11 is 1.08. The fraction of sp³-hybridized carbons (Fsp3) is 0.333. The first-order valence-corrected chi connectivity index (χ1v) is 6.91. The molecular weight excluding hydrogens is 294 g/mol. The molecule has 0 aliphatic heterocycles. The third-order valence-corrected chi connectivity index (χ3v) is 3.56. The van der Waals surface area contributed by atoms with E-state index in [0.29, 0.717) is 16.7 Å². The smallest absolute Gasteiger partial charge is 0.343 e. The number of hydrogen-bond acceptors (Lipinski definition) is 9. The molecule has 9 heteroatoms. The standard InChI is InChI=1S/C12H13N5O3S/c1-3-19-12(18)9-10(14)7(4-13)21-11(9)15-5-8-16-6(2)17-20-8/h15H,3,5,14H2,1-2H3. The van der Waals surface area contributed by atoms with Crippen molar-refractivity contribution in [1.29, 1.82) is 5.26 Å². The van der Waals surface area contributed by atoms with Crippen LogP contribution in [0.5, 0.6) is 0 Å². The summed E-state index contributed by atoms with van der Waals surface area (Å²) in [6, 6.07) is 1.95. The molecule has 8 nitrogen and oxygen atoms in total. The van der Waals surface area contributed by atoms with Gasteiger partial charge < -0.3 is 20.3 Å². The van der Waals surface area contributed by atoms with E-state index in [9.17, 15) is 4.79 Å². The van der Waals surface area contributed by atoms with Crippen LogP contribution in [0, 0.1) is 18.3 Å². The number of nitrogens with one attached hydrogen (secondary N) is 1. The molecule has 0 fully saturated rings. The number of esters is 1. The first-order valence-electron chi connectivity index (χ1n) is 6.09. The van der Waals surface area contributed by atoms with Crippen LogP contribution in [0.15, 0.2) is 4.52 Å². The van der Waals surface area contributed by atoms with Crippen molar-refractivity contribution in [2.75, 3.05) is 17.7 Å². The van der Waals surface area contributed by atoms with Crippen LogP contribution in [-0.2, 0) is 11.3 Å². The molecule has 2 heterocycles. The third kappa shape index (κ3) is 3.11. The predicted molar refractivity (Wildman–Crippen MR) is 75.8 cm³/mol. The molecular formula is C12H13N5O3S. The number of aromatic nitrogens is 2. The Morgan fingerprint density at radius 1 is 1.62 bits per heavy atom. The van der Waals surface area contributed by atoms with Gasteiger partial charge in [-0.3, -0.25) is 0 Å². The van der Waals surface area contributed by atoms with Gasteiger partial charge in [0.05, 0.1) is 18.8 Å². The molecule has 21 heavy (non-hydrogen) atoms. The first kappa shape index (κ1) is 14.8. The number of carbonyl (C=O) groups excluding carboxylic acids is 1. The van der Waals surface area contributed by atoms with Gasteiger partial charge in [0.2, 0.25) is 5.89 Å². The van der Waals surface area contributed by atoms with Crippen molar-refractivity contribution in [2.24, 2.45) is 0 Å². The van der Waals surface area contributed by atoms with Crippen LogP contribution in [0.4, 0.5) is 10.7 Å². The van der Waals surface area contributed by atoms with Crippen molar-refractivity contribution < 1.29 is 14.1 Å². The molecule has 0 aliphatic carbocycles. The van der Waals surface area contributed by atoms with Crippen molar-refractivity contribution in [2.45, 2.75) is 20.4 Å². The lowest BCUT2D eigenvalue weighted by molar-refractivity contribution is 0.0529. The summed E-state index contributed by atoms with van der Waals surface area (Å²) in [4.78, 5) is 16.2. The van der Waals surface area contributed by atoms with E-state index in [0.717, 1.165) is 11.3 Å². The Kier molecular flexibility index (Phi) is 4.39. The third-order valence-electron chi connectivity index (χ3n) is 2.50. The normalized spacial score (nSPS) is 10.1. The average Bonchev–Trinajstić information content (AvgIpc) is 3.00. The van der Waals surface area contributed by atoms with Crippen LogP contribution in [0.1, 0.15) is 33.9 Å². The van der Waals surface area contributed by atoms with E-state index in [1.54, 1.807) is 13.8 Å². The zero-order valence-corrected chi connectivity index (χ0v) is 12.3. The molecule has 0 saturated heterocycles. The second kappa shape index (κ2) is 6.23. The van der Waals surface area contributed by atoms with Gasteiger partial charge in [-0.05, 0) is 13.8 Å². The van der Waals surface area contributed by atoms with Crippen molar-refractivity contribution in [1.82, 2.24) is 10.1 Å². The van der Waals surface area contributed by atoms with E-state index in [-0.39, 0.29) is 29.3 Å². The Morgan fingerprint density at radius 2 is 2.38 bits per heavy atom. The van der Waals surface area contributed by atoms with Crippen molar-refractivity contribution in [3.8, 4) is 6.07 Å². The summed E-state index contributed by atoms with van der Waals surface area (Å²) in [7, 11) is 0. The van der Waals surface area contributed by atoms with Crippen molar-refractivity contribution >= 4 is 28.0 Å². The fourth-order valence-electron chi connectivity index (χ4n) is 1.63.